The highest BCUT2D eigenvalue weighted by Crippen LogP contribution is 2.17. The van der Waals surface area contributed by atoms with Crippen LogP contribution in [0.5, 0.6) is 0 Å². The van der Waals surface area contributed by atoms with E-state index in [9.17, 15) is 9.59 Å². The normalized spacial score (nSPS) is 13.7. The predicted molar refractivity (Wildman–Crippen MR) is 67.7 cm³/mol. The second-order valence-electron chi connectivity index (χ2n) is 4.20. The summed E-state index contributed by atoms with van der Waals surface area (Å²) in [6.07, 6.45) is 3.76. The molecule has 1 heterocycles. The van der Waals surface area contributed by atoms with Crippen molar-refractivity contribution < 1.29 is 14.7 Å². The van der Waals surface area contributed by atoms with Gasteiger partial charge < -0.3 is 10.4 Å². The lowest BCUT2D eigenvalue weighted by molar-refractivity contribution is -0.144. The van der Waals surface area contributed by atoms with Gasteiger partial charge in [0.25, 0.3) is 5.91 Å². The number of carbonyl (C=O) groups is 2. The molecule has 0 aromatic carbocycles. The van der Waals surface area contributed by atoms with E-state index in [4.69, 9.17) is 16.7 Å². The van der Waals surface area contributed by atoms with E-state index in [2.05, 4.69) is 10.3 Å². The number of aliphatic carboxylic acids is 1. The zero-order valence-corrected chi connectivity index (χ0v) is 11.0. The molecule has 98 valence electrons. The molecule has 0 aliphatic heterocycles. The zero-order chi connectivity index (χ0) is 13.8. The molecule has 1 aromatic heterocycles. The third kappa shape index (κ3) is 3.20. The highest BCUT2D eigenvalue weighted by Gasteiger charge is 2.34. The van der Waals surface area contributed by atoms with Gasteiger partial charge in [-0.1, -0.05) is 24.9 Å². The first kappa shape index (κ1) is 14.4. The van der Waals surface area contributed by atoms with Gasteiger partial charge in [-0.3, -0.25) is 9.78 Å². The van der Waals surface area contributed by atoms with Gasteiger partial charge in [0.1, 0.15) is 5.54 Å². The van der Waals surface area contributed by atoms with Crippen LogP contribution in [0.25, 0.3) is 0 Å². The summed E-state index contributed by atoms with van der Waals surface area (Å²) in [7, 11) is 0. The maximum absolute atomic E-state index is 12.0. The average molecular weight is 271 g/mol. The van der Waals surface area contributed by atoms with E-state index in [1.165, 1.54) is 25.4 Å². The van der Waals surface area contributed by atoms with Crippen molar-refractivity contribution in [2.24, 2.45) is 0 Å². The van der Waals surface area contributed by atoms with E-state index in [1.54, 1.807) is 0 Å². The average Bonchev–Trinajstić information content (AvgIpc) is 2.29. The first-order chi connectivity index (χ1) is 8.40. The van der Waals surface area contributed by atoms with Gasteiger partial charge >= 0.3 is 5.97 Å². The number of nitrogens with zero attached hydrogens (tertiary/aromatic N) is 1. The zero-order valence-electron chi connectivity index (χ0n) is 10.2. The minimum Gasteiger partial charge on any atom is -0.480 e. The quantitative estimate of drug-likeness (QED) is 0.859. The van der Waals surface area contributed by atoms with Gasteiger partial charge in [0.2, 0.25) is 0 Å². The van der Waals surface area contributed by atoms with Crippen LogP contribution in [0.2, 0.25) is 5.02 Å². The van der Waals surface area contributed by atoms with Crippen molar-refractivity contribution in [3.05, 3.63) is 29.0 Å². The summed E-state index contributed by atoms with van der Waals surface area (Å²) in [6.45, 7) is 3.33. The van der Waals surface area contributed by atoms with E-state index >= 15 is 0 Å². The van der Waals surface area contributed by atoms with Gasteiger partial charge in [-0.2, -0.15) is 0 Å². The minimum atomic E-state index is -1.29. The number of carboxylic acids is 1. The fourth-order valence-corrected chi connectivity index (χ4v) is 1.81. The Kier molecular flexibility index (Phi) is 4.67. The van der Waals surface area contributed by atoms with Crippen LogP contribution in [-0.2, 0) is 4.79 Å². The van der Waals surface area contributed by atoms with Gasteiger partial charge in [-0.05, 0) is 19.4 Å². The fraction of sp³-hybridized carbons (Fsp3) is 0.417. The van der Waals surface area contributed by atoms with E-state index in [0.29, 0.717) is 12.8 Å². The van der Waals surface area contributed by atoms with E-state index < -0.39 is 17.4 Å². The highest BCUT2D eigenvalue weighted by atomic mass is 35.5. The van der Waals surface area contributed by atoms with Gasteiger partial charge in [0.05, 0.1) is 10.6 Å². The third-order valence-electron chi connectivity index (χ3n) is 2.63. The number of halogens is 1. The Morgan fingerprint density at radius 3 is 2.72 bits per heavy atom. The lowest BCUT2D eigenvalue weighted by Gasteiger charge is -2.25. The Hall–Kier alpha value is -1.62. The number of hydrogen-bond donors (Lipinski definition) is 2. The van der Waals surface area contributed by atoms with Gasteiger partial charge in [0, 0.05) is 12.4 Å². The first-order valence-electron chi connectivity index (χ1n) is 5.56. The molecule has 0 aliphatic rings. The van der Waals surface area contributed by atoms with Crippen molar-refractivity contribution in [3.8, 4) is 0 Å². The number of nitrogens with one attached hydrogen (secondary N) is 1. The number of carbonyl (C=O) groups excluding carboxylic acids is 1. The van der Waals surface area contributed by atoms with Crippen LogP contribution < -0.4 is 5.32 Å². The number of hydrogen-bond acceptors (Lipinski definition) is 3. The Bertz CT molecular complexity index is 464. The predicted octanol–water partition coefficient (Wildman–Crippen LogP) is 2.11. The lowest BCUT2D eigenvalue weighted by atomic mass is 9.96. The largest absolute Gasteiger partial charge is 0.480 e. The number of amides is 1. The molecule has 1 unspecified atom stereocenters. The van der Waals surface area contributed by atoms with E-state index in [0.717, 1.165) is 0 Å². The molecular weight excluding hydrogens is 256 g/mol. The molecular formula is C12H15ClN2O3. The van der Waals surface area contributed by atoms with Crippen LogP contribution in [0.15, 0.2) is 18.5 Å². The van der Waals surface area contributed by atoms with E-state index in [1.807, 2.05) is 6.92 Å². The molecule has 0 spiro atoms. The second kappa shape index (κ2) is 5.82. The summed E-state index contributed by atoms with van der Waals surface area (Å²) >= 11 is 5.83. The van der Waals surface area contributed by atoms with Gasteiger partial charge in [0.15, 0.2) is 0 Å². The van der Waals surface area contributed by atoms with Crippen LogP contribution in [0.4, 0.5) is 0 Å². The monoisotopic (exact) mass is 270 g/mol. The van der Waals surface area contributed by atoms with Crippen molar-refractivity contribution in [3.63, 3.8) is 0 Å². The summed E-state index contributed by atoms with van der Waals surface area (Å²) in [5.74, 6) is -1.58. The number of pyridine rings is 1. The summed E-state index contributed by atoms with van der Waals surface area (Å²) in [6, 6.07) is 1.45. The van der Waals surface area contributed by atoms with Crippen LogP contribution in [0.3, 0.4) is 0 Å². The van der Waals surface area contributed by atoms with Crippen LogP contribution in [-0.4, -0.2) is 27.5 Å². The summed E-state index contributed by atoms with van der Waals surface area (Å²) in [5.41, 5.74) is -1.08. The fourth-order valence-electron chi connectivity index (χ4n) is 1.60. The van der Waals surface area contributed by atoms with Crippen molar-refractivity contribution in [1.82, 2.24) is 10.3 Å². The molecule has 0 saturated heterocycles. The maximum Gasteiger partial charge on any atom is 0.329 e. The molecule has 0 fully saturated rings. The Morgan fingerprint density at radius 2 is 2.22 bits per heavy atom. The molecule has 1 aromatic rings. The molecule has 5 nitrogen and oxygen atoms in total. The minimum absolute atomic E-state index is 0.194. The number of rotatable bonds is 5. The number of aromatic nitrogens is 1. The Labute approximate surface area is 110 Å². The Balaban J connectivity index is 2.93. The molecule has 0 saturated carbocycles. The van der Waals surface area contributed by atoms with Crippen LogP contribution in [0, 0.1) is 0 Å². The second-order valence-corrected chi connectivity index (χ2v) is 4.60. The van der Waals surface area contributed by atoms with Crippen molar-refractivity contribution >= 4 is 23.5 Å². The van der Waals surface area contributed by atoms with Crippen LogP contribution in [0.1, 0.15) is 37.0 Å². The molecule has 1 amide bonds. The maximum atomic E-state index is 12.0. The summed E-state index contributed by atoms with van der Waals surface area (Å²) in [5, 5.41) is 11.9. The number of carboxylic acid groups (broad SMARTS) is 1. The molecule has 0 radical (unpaired) electrons. The van der Waals surface area contributed by atoms with Crippen molar-refractivity contribution in [2.45, 2.75) is 32.2 Å². The third-order valence-corrected chi connectivity index (χ3v) is 2.93. The summed E-state index contributed by atoms with van der Waals surface area (Å²) < 4.78 is 0. The molecule has 1 atom stereocenters. The summed E-state index contributed by atoms with van der Waals surface area (Å²) in [4.78, 5) is 26.9. The highest BCUT2D eigenvalue weighted by molar-refractivity contribution is 6.33. The smallest absolute Gasteiger partial charge is 0.329 e. The van der Waals surface area contributed by atoms with Crippen LogP contribution >= 0.6 is 11.6 Å². The molecule has 0 bridgehead atoms. The SMILES string of the molecule is CCCC(C)(NC(=O)c1ccncc1Cl)C(=O)O. The van der Waals surface area contributed by atoms with Gasteiger partial charge in [-0.15, -0.1) is 0 Å². The first-order valence-corrected chi connectivity index (χ1v) is 5.94. The Morgan fingerprint density at radius 1 is 1.56 bits per heavy atom. The molecule has 18 heavy (non-hydrogen) atoms. The molecule has 0 aliphatic carbocycles. The van der Waals surface area contributed by atoms with E-state index in [-0.39, 0.29) is 10.6 Å². The molecule has 1 rings (SSSR count). The lowest BCUT2D eigenvalue weighted by Crippen LogP contribution is -2.52. The molecule has 6 heteroatoms. The standard InChI is InChI=1S/C12H15ClN2O3/c1-3-5-12(2,11(17)18)15-10(16)8-4-6-14-7-9(8)13/h4,6-7H,3,5H2,1-2H3,(H,15,16)(H,17,18). The van der Waals surface area contributed by atoms with Gasteiger partial charge in [-0.25, -0.2) is 4.79 Å². The topological polar surface area (TPSA) is 79.3 Å². The molecule has 2 N–H and O–H groups in total. The van der Waals surface area contributed by atoms with Crippen molar-refractivity contribution in [2.75, 3.05) is 0 Å². The van der Waals surface area contributed by atoms with Crippen molar-refractivity contribution in [1.29, 1.82) is 0 Å².